The Morgan fingerprint density at radius 1 is 1.22 bits per heavy atom. The fourth-order valence-corrected chi connectivity index (χ4v) is 4.12. The van der Waals surface area contributed by atoms with E-state index in [2.05, 4.69) is 22.1 Å². The summed E-state index contributed by atoms with van der Waals surface area (Å²) in [6.45, 7) is 4.59. The highest BCUT2D eigenvalue weighted by molar-refractivity contribution is 5.81. The van der Waals surface area contributed by atoms with Gasteiger partial charge in [-0.25, -0.2) is 0 Å². The number of guanidine groups is 1. The summed E-state index contributed by atoms with van der Waals surface area (Å²) in [5, 5.41) is 3.61. The standard InChI is InChI=1S/C14H23N3O/c1-8-5-11(8)16-14(15-2)17-6-9-10(7-17)13-4-3-12(9)18-13/h8-13H,3-7H2,1-2H3,(H,15,16). The van der Waals surface area contributed by atoms with Crippen molar-refractivity contribution in [2.24, 2.45) is 22.7 Å². The number of hydrogen-bond acceptors (Lipinski definition) is 2. The van der Waals surface area contributed by atoms with Crippen LogP contribution in [-0.4, -0.2) is 49.2 Å². The van der Waals surface area contributed by atoms with Gasteiger partial charge < -0.3 is 15.0 Å². The molecule has 100 valence electrons. The van der Waals surface area contributed by atoms with E-state index in [9.17, 15) is 0 Å². The highest BCUT2D eigenvalue weighted by atomic mass is 16.5. The maximum absolute atomic E-state index is 6.02. The van der Waals surface area contributed by atoms with Gasteiger partial charge in [-0.2, -0.15) is 0 Å². The second kappa shape index (κ2) is 3.86. The molecule has 1 aliphatic carbocycles. The van der Waals surface area contributed by atoms with Gasteiger partial charge in [-0.15, -0.1) is 0 Å². The molecule has 1 saturated carbocycles. The van der Waals surface area contributed by atoms with Crippen molar-refractivity contribution in [3.05, 3.63) is 0 Å². The molecule has 4 aliphatic rings. The van der Waals surface area contributed by atoms with E-state index in [4.69, 9.17) is 4.74 Å². The van der Waals surface area contributed by atoms with Gasteiger partial charge in [-0.3, -0.25) is 4.99 Å². The van der Waals surface area contributed by atoms with E-state index in [0.717, 1.165) is 36.8 Å². The Labute approximate surface area is 109 Å². The largest absolute Gasteiger partial charge is 0.374 e. The number of ether oxygens (including phenoxy) is 1. The molecule has 0 aromatic rings. The summed E-state index contributed by atoms with van der Waals surface area (Å²) in [4.78, 5) is 6.94. The lowest BCUT2D eigenvalue weighted by molar-refractivity contribution is 0.0767. The molecule has 0 amide bonds. The first-order chi connectivity index (χ1) is 8.76. The predicted molar refractivity (Wildman–Crippen MR) is 70.5 cm³/mol. The monoisotopic (exact) mass is 249 g/mol. The van der Waals surface area contributed by atoms with Gasteiger partial charge in [0.1, 0.15) is 0 Å². The highest BCUT2D eigenvalue weighted by Gasteiger charge is 2.53. The van der Waals surface area contributed by atoms with Crippen molar-refractivity contribution in [2.45, 2.75) is 44.4 Å². The third kappa shape index (κ3) is 1.58. The fourth-order valence-electron chi connectivity index (χ4n) is 4.12. The Kier molecular flexibility index (Phi) is 2.38. The second-order valence-corrected chi connectivity index (χ2v) is 6.53. The molecule has 3 saturated heterocycles. The van der Waals surface area contributed by atoms with Gasteiger partial charge in [0.15, 0.2) is 5.96 Å². The van der Waals surface area contributed by atoms with Crippen LogP contribution in [0.4, 0.5) is 0 Å². The summed E-state index contributed by atoms with van der Waals surface area (Å²) < 4.78 is 6.02. The maximum atomic E-state index is 6.02. The van der Waals surface area contributed by atoms with Gasteiger partial charge in [0.25, 0.3) is 0 Å². The third-order valence-corrected chi connectivity index (χ3v) is 5.39. The van der Waals surface area contributed by atoms with Gasteiger partial charge in [0.2, 0.25) is 0 Å². The summed E-state index contributed by atoms with van der Waals surface area (Å²) >= 11 is 0. The lowest BCUT2D eigenvalue weighted by atomic mass is 9.82. The van der Waals surface area contributed by atoms with Gasteiger partial charge in [0, 0.05) is 38.0 Å². The first-order valence-electron chi connectivity index (χ1n) is 7.40. The summed E-state index contributed by atoms with van der Waals surface area (Å²) in [5.74, 6) is 3.47. The highest BCUT2D eigenvalue weighted by Crippen LogP contribution is 2.47. The number of nitrogens with one attached hydrogen (secondary N) is 1. The van der Waals surface area contributed by atoms with Crippen LogP contribution in [0.2, 0.25) is 0 Å². The van der Waals surface area contributed by atoms with Crippen molar-refractivity contribution in [3.63, 3.8) is 0 Å². The predicted octanol–water partition coefficient (Wildman–Crippen LogP) is 1.08. The van der Waals surface area contributed by atoms with E-state index in [1.165, 1.54) is 19.3 Å². The molecule has 6 atom stereocenters. The Morgan fingerprint density at radius 3 is 2.33 bits per heavy atom. The molecular weight excluding hydrogens is 226 g/mol. The van der Waals surface area contributed by atoms with E-state index in [1.807, 2.05) is 7.05 Å². The lowest BCUT2D eigenvalue weighted by Crippen LogP contribution is -2.42. The zero-order valence-electron chi connectivity index (χ0n) is 11.3. The molecule has 0 aromatic carbocycles. The number of rotatable bonds is 1. The fraction of sp³-hybridized carbons (Fsp3) is 0.929. The second-order valence-electron chi connectivity index (χ2n) is 6.53. The number of nitrogens with zero attached hydrogens (tertiary/aromatic N) is 2. The van der Waals surface area contributed by atoms with Crippen LogP contribution in [-0.2, 0) is 4.74 Å². The third-order valence-electron chi connectivity index (χ3n) is 5.39. The average Bonchev–Trinajstić information content (AvgIpc) is 2.83. The average molecular weight is 249 g/mol. The molecule has 0 radical (unpaired) electrons. The molecular formula is C14H23N3O. The molecule has 1 N–H and O–H groups in total. The van der Waals surface area contributed by atoms with E-state index in [1.54, 1.807) is 0 Å². The zero-order valence-corrected chi connectivity index (χ0v) is 11.3. The van der Waals surface area contributed by atoms with Crippen LogP contribution < -0.4 is 5.32 Å². The molecule has 4 heteroatoms. The minimum atomic E-state index is 0.544. The Balaban J connectivity index is 1.44. The molecule has 0 spiro atoms. The number of aliphatic imine (C=N–C) groups is 1. The minimum absolute atomic E-state index is 0.544. The summed E-state index contributed by atoms with van der Waals surface area (Å²) in [5.41, 5.74) is 0. The molecule has 4 rings (SSSR count). The molecule has 2 bridgehead atoms. The number of fused-ring (bicyclic) bond motifs is 5. The van der Waals surface area contributed by atoms with Crippen LogP contribution in [0.3, 0.4) is 0 Å². The molecule has 18 heavy (non-hydrogen) atoms. The zero-order chi connectivity index (χ0) is 12.3. The molecule has 4 nitrogen and oxygen atoms in total. The van der Waals surface area contributed by atoms with Gasteiger partial charge >= 0.3 is 0 Å². The van der Waals surface area contributed by atoms with E-state index >= 15 is 0 Å². The van der Waals surface area contributed by atoms with Crippen molar-refractivity contribution in [1.29, 1.82) is 0 Å². The van der Waals surface area contributed by atoms with Crippen molar-refractivity contribution < 1.29 is 4.74 Å². The maximum Gasteiger partial charge on any atom is 0.193 e. The topological polar surface area (TPSA) is 36.9 Å². The van der Waals surface area contributed by atoms with Gasteiger partial charge in [0.05, 0.1) is 12.2 Å². The van der Waals surface area contributed by atoms with E-state index in [0.29, 0.717) is 18.2 Å². The van der Waals surface area contributed by atoms with Crippen molar-refractivity contribution in [2.75, 3.05) is 20.1 Å². The summed E-state index contributed by atoms with van der Waals surface area (Å²) in [6.07, 6.45) is 4.95. The Bertz CT molecular complexity index is 365. The minimum Gasteiger partial charge on any atom is -0.374 e. The van der Waals surface area contributed by atoms with Crippen LogP contribution in [0, 0.1) is 17.8 Å². The van der Waals surface area contributed by atoms with Crippen LogP contribution >= 0.6 is 0 Å². The van der Waals surface area contributed by atoms with Crippen molar-refractivity contribution in [1.82, 2.24) is 10.2 Å². The quantitative estimate of drug-likeness (QED) is 0.558. The molecule has 3 aliphatic heterocycles. The van der Waals surface area contributed by atoms with Crippen molar-refractivity contribution >= 4 is 5.96 Å². The first-order valence-corrected chi connectivity index (χ1v) is 7.40. The van der Waals surface area contributed by atoms with E-state index in [-0.39, 0.29) is 0 Å². The van der Waals surface area contributed by atoms with Crippen LogP contribution in [0.5, 0.6) is 0 Å². The molecule has 3 heterocycles. The molecule has 4 fully saturated rings. The smallest absolute Gasteiger partial charge is 0.193 e. The number of hydrogen-bond donors (Lipinski definition) is 1. The molecule has 0 aromatic heterocycles. The first kappa shape index (κ1) is 11.1. The Morgan fingerprint density at radius 2 is 1.83 bits per heavy atom. The van der Waals surface area contributed by atoms with Crippen LogP contribution in [0.1, 0.15) is 26.2 Å². The van der Waals surface area contributed by atoms with Gasteiger partial charge in [-0.05, 0) is 25.2 Å². The normalized spacial score (nSPS) is 49.7. The SMILES string of the molecule is CN=C(NC1CC1C)N1CC2C3CCC(O3)C2C1. The van der Waals surface area contributed by atoms with Gasteiger partial charge in [-0.1, -0.05) is 6.92 Å². The van der Waals surface area contributed by atoms with E-state index < -0.39 is 0 Å². The summed E-state index contributed by atoms with van der Waals surface area (Å²) in [6, 6.07) is 0.664. The Hall–Kier alpha value is -0.770. The molecule has 6 unspecified atom stereocenters. The van der Waals surface area contributed by atoms with Crippen LogP contribution in [0.15, 0.2) is 4.99 Å². The summed E-state index contributed by atoms with van der Waals surface area (Å²) in [7, 11) is 1.91. The van der Waals surface area contributed by atoms with Crippen LogP contribution in [0.25, 0.3) is 0 Å². The van der Waals surface area contributed by atoms with Crippen molar-refractivity contribution in [3.8, 4) is 0 Å². The number of likely N-dealkylation sites (tertiary alicyclic amines) is 1. The lowest BCUT2D eigenvalue weighted by Gasteiger charge is -2.23.